The maximum absolute atomic E-state index is 2.27. The summed E-state index contributed by atoms with van der Waals surface area (Å²) < 4.78 is 0. The van der Waals surface area contributed by atoms with E-state index in [4.69, 9.17) is 0 Å². The Labute approximate surface area is 104 Å². The number of hydrogen-bond donors (Lipinski definition) is 0. The molecule has 0 aromatic carbocycles. The molecule has 0 saturated carbocycles. The third kappa shape index (κ3) is 2.12. The minimum absolute atomic E-state index is 0. The predicted molar refractivity (Wildman–Crippen MR) is 58.3 cm³/mol. The number of hydrogen-bond acceptors (Lipinski definition) is 2. The van der Waals surface area contributed by atoms with E-state index < -0.39 is 0 Å². The van der Waals surface area contributed by atoms with E-state index in [9.17, 15) is 0 Å². The van der Waals surface area contributed by atoms with Gasteiger partial charge in [0, 0.05) is 60.8 Å². The Morgan fingerprint density at radius 3 is 1.85 bits per heavy atom. The smallest absolute Gasteiger partial charge is 0.0430 e. The molecule has 13 heavy (non-hydrogen) atoms. The van der Waals surface area contributed by atoms with Crippen molar-refractivity contribution in [2.24, 2.45) is 5.41 Å². The van der Waals surface area contributed by atoms with Crippen LogP contribution in [0, 0.1) is 5.41 Å². The second-order valence-corrected chi connectivity index (χ2v) is 4.69. The second kappa shape index (κ2) is 3.93. The van der Waals surface area contributed by atoms with E-state index in [1.807, 2.05) is 0 Å². The zero-order chi connectivity index (χ0) is 9.57. The summed E-state index contributed by atoms with van der Waals surface area (Å²) >= 11 is 0. The Kier molecular flexibility index (Phi) is 4.08. The molecule has 0 amide bonds. The molecular weight excluding hydrogens is 171 g/mol. The van der Waals surface area contributed by atoms with E-state index in [1.165, 1.54) is 0 Å². The van der Waals surface area contributed by atoms with Gasteiger partial charge in [0.15, 0.2) is 0 Å². The Balaban J connectivity index is 0.00000144. The van der Waals surface area contributed by atoms with Gasteiger partial charge in [0.25, 0.3) is 0 Å². The predicted octanol–water partition coefficient (Wildman–Crippen LogP) is 1.72. The Morgan fingerprint density at radius 2 is 1.46 bits per heavy atom. The number of nitrogens with zero attached hydrogens (tertiary/aromatic N) is 2. The van der Waals surface area contributed by atoms with Crippen molar-refractivity contribution >= 4 is 29.6 Å². The first-order chi connectivity index (χ1) is 5.29. The SMILES string of the molecule is CN1C=CC(C)(C)C(C)(C)N1C.[Na]. The third-order valence-corrected chi connectivity index (χ3v) is 3.57. The van der Waals surface area contributed by atoms with Crippen LogP contribution in [0.15, 0.2) is 12.3 Å². The minimum Gasteiger partial charge on any atom is -0.316 e. The molecule has 0 N–H and O–H groups in total. The van der Waals surface area contributed by atoms with Crippen LogP contribution >= 0.6 is 0 Å². The van der Waals surface area contributed by atoms with Crippen LogP contribution in [-0.4, -0.2) is 59.2 Å². The van der Waals surface area contributed by atoms with Crippen LogP contribution in [-0.2, 0) is 0 Å². The van der Waals surface area contributed by atoms with E-state index >= 15 is 0 Å². The van der Waals surface area contributed by atoms with Gasteiger partial charge in [-0.3, -0.25) is 0 Å². The summed E-state index contributed by atoms with van der Waals surface area (Å²) in [6.07, 6.45) is 4.40. The molecule has 1 rings (SSSR count). The standard InChI is InChI=1S/C10H20N2.Na/c1-9(2)7-8-11(5)12(6)10(9,3)4;/h7-8H,1-6H3;. The van der Waals surface area contributed by atoms with Gasteiger partial charge in [-0.1, -0.05) is 19.9 Å². The Bertz CT molecular complexity index is 209. The van der Waals surface area contributed by atoms with Gasteiger partial charge in [0.1, 0.15) is 0 Å². The maximum Gasteiger partial charge on any atom is 0.0430 e. The van der Waals surface area contributed by atoms with Crippen LogP contribution < -0.4 is 0 Å². The van der Waals surface area contributed by atoms with E-state index in [0.717, 1.165) is 0 Å². The van der Waals surface area contributed by atoms with Crippen molar-refractivity contribution in [1.82, 2.24) is 10.0 Å². The zero-order valence-electron chi connectivity index (χ0n) is 10.0. The average molecular weight is 191 g/mol. The van der Waals surface area contributed by atoms with Crippen LogP contribution in [0.4, 0.5) is 0 Å². The fraction of sp³-hybridized carbons (Fsp3) is 0.800. The molecule has 0 saturated heterocycles. The van der Waals surface area contributed by atoms with E-state index in [-0.39, 0.29) is 40.5 Å². The normalized spacial score (nSPS) is 25.5. The molecule has 0 spiro atoms. The molecule has 1 aliphatic heterocycles. The van der Waals surface area contributed by atoms with Crippen molar-refractivity contribution in [3.63, 3.8) is 0 Å². The summed E-state index contributed by atoms with van der Waals surface area (Å²) in [5.41, 5.74) is 0.408. The van der Waals surface area contributed by atoms with Crippen molar-refractivity contribution in [2.75, 3.05) is 14.1 Å². The molecule has 0 bridgehead atoms. The summed E-state index contributed by atoms with van der Waals surface area (Å²) in [5.74, 6) is 0. The van der Waals surface area contributed by atoms with Crippen molar-refractivity contribution in [3.05, 3.63) is 12.3 Å². The first-order valence-electron chi connectivity index (χ1n) is 4.45. The topological polar surface area (TPSA) is 6.48 Å². The van der Waals surface area contributed by atoms with Crippen LogP contribution in [0.5, 0.6) is 0 Å². The second-order valence-electron chi connectivity index (χ2n) is 4.69. The minimum atomic E-state index is 0. The van der Waals surface area contributed by atoms with Gasteiger partial charge in [-0.2, -0.15) is 0 Å². The summed E-state index contributed by atoms with van der Waals surface area (Å²) in [6.45, 7) is 9.08. The molecular formula is C10H20N2Na. The number of rotatable bonds is 0. The molecule has 71 valence electrons. The molecule has 0 unspecified atom stereocenters. The zero-order valence-corrected chi connectivity index (χ0v) is 12.0. The van der Waals surface area contributed by atoms with Crippen LogP contribution in [0.25, 0.3) is 0 Å². The fourth-order valence-corrected chi connectivity index (χ4v) is 1.41. The molecule has 0 aromatic heterocycles. The molecule has 0 aliphatic carbocycles. The monoisotopic (exact) mass is 191 g/mol. The van der Waals surface area contributed by atoms with E-state index in [2.05, 4.69) is 64.1 Å². The van der Waals surface area contributed by atoms with Crippen LogP contribution in [0.3, 0.4) is 0 Å². The van der Waals surface area contributed by atoms with Gasteiger partial charge in [0.2, 0.25) is 0 Å². The molecule has 1 aliphatic rings. The van der Waals surface area contributed by atoms with Crippen molar-refractivity contribution in [3.8, 4) is 0 Å². The van der Waals surface area contributed by atoms with Crippen molar-refractivity contribution in [2.45, 2.75) is 33.2 Å². The molecule has 0 atom stereocenters. The summed E-state index contributed by atoms with van der Waals surface area (Å²) in [5, 5.41) is 4.40. The first kappa shape index (κ1) is 13.5. The summed E-state index contributed by atoms with van der Waals surface area (Å²) in [4.78, 5) is 0. The molecule has 1 heterocycles. The molecule has 0 aromatic rings. The third-order valence-electron chi connectivity index (χ3n) is 3.57. The van der Waals surface area contributed by atoms with Gasteiger partial charge in [-0.25, -0.2) is 5.01 Å². The van der Waals surface area contributed by atoms with Gasteiger partial charge in [-0.15, -0.1) is 0 Å². The van der Waals surface area contributed by atoms with Gasteiger partial charge >= 0.3 is 0 Å². The molecule has 0 fully saturated rings. The first-order valence-corrected chi connectivity index (χ1v) is 4.45. The molecule has 1 radical (unpaired) electrons. The van der Waals surface area contributed by atoms with Crippen LogP contribution in [0.1, 0.15) is 27.7 Å². The Morgan fingerprint density at radius 1 is 1.00 bits per heavy atom. The maximum atomic E-state index is 2.27. The van der Waals surface area contributed by atoms with Crippen molar-refractivity contribution in [1.29, 1.82) is 0 Å². The summed E-state index contributed by atoms with van der Waals surface area (Å²) in [6, 6.07) is 0. The van der Waals surface area contributed by atoms with Gasteiger partial charge in [-0.05, 0) is 13.8 Å². The van der Waals surface area contributed by atoms with Crippen LogP contribution in [0.2, 0.25) is 0 Å². The molecule has 3 heteroatoms. The number of hydrazine groups is 1. The largest absolute Gasteiger partial charge is 0.316 e. The van der Waals surface area contributed by atoms with E-state index in [0.29, 0.717) is 0 Å². The Hall–Kier alpha value is 0.500. The molecule has 2 nitrogen and oxygen atoms in total. The quantitative estimate of drug-likeness (QED) is 0.538. The average Bonchev–Trinajstić information content (AvgIpc) is 1.96. The van der Waals surface area contributed by atoms with Gasteiger partial charge < -0.3 is 5.01 Å². The van der Waals surface area contributed by atoms with Gasteiger partial charge in [0.05, 0.1) is 0 Å². The van der Waals surface area contributed by atoms with Crippen molar-refractivity contribution < 1.29 is 0 Å². The summed E-state index contributed by atoms with van der Waals surface area (Å²) in [7, 11) is 4.21. The van der Waals surface area contributed by atoms with E-state index in [1.54, 1.807) is 0 Å². The fourth-order valence-electron chi connectivity index (χ4n) is 1.41.